The zero-order valence-electron chi connectivity index (χ0n) is 31.7. The predicted molar refractivity (Wildman–Crippen MR) is 196 cm³/mol. The topological polar surface area (TPSA) is 78.9 Å². The lowest BCUT2D eigenvalue weighted by Crippen LogP contribution is -2.30. The van der Waals surface area contributed by atoms with E-state index in [2.05, 4.69) is 27.7 Å². The van der Waals surface area contributed by atoms with Gasteiger partial charge in [-0.2, -0.15) is 0 Å². The lowest BCUT2D eigenvalue weighted by Gasteiger charge is -2.18. The monoisotopic (exact) mass is 667 g/mol. The van der Waals surface area contributed by atoms with Crippen molar-refractivity contribution < 1.29 is 28.6 Å². The highest BCUT2D eigenvalue weighted by molar-refractivity contribution is 5.71. The zero-order valence-corrected chi connectivity index (χ0v) is 31.7. The molecule has 0 spiro atoms. The summed E-state index contributed by atoms with van der Waals surface area (Å²) in [6.07, 6.45) is 32.4. The lowest BCUT2D eigenvalue weighted by molar-refractivity contribution is -0.167. The Bertz CT molecular complexity index is 706. The number of hydrogen-bond donors (Lipinski definition) is 0. The summed E-state index contributed by atoms with van der Waals surface area (Å²) < 4.78 is 16.6. The molecule has 0 radical (unpaired) electrons. The van der Waals surface area contributed by atoms with Crippen LogP contribution in [0.15, 0.2) is 0 Å². The van der Waals surface area contributed by atoms with Gasteiger partial charge in [0.1, 0.15) is 13.2 Å². The normalized spacial score (nSPS) is 11.9. The third-order valence-corrected chi connectivity index (χ3v) is 9.04. The second-order valence-electron chi connectivity index (χ2n) is 14.4. The summed E-state index contributed by atoms with van der Waals surface area (Å²) in [5.41, 5.74) is 0. The maximum atomic E-state index is 12.6. The molecule has 0 N–H and O–H groups in total. The molecule has 0 aromatic heterocycles. The summed E-state index contributed by atoms with van der Waals surface area (Å²) in [7, 11) is 0. The molecule has 6 nitrogen and oxygen atoms in total. The molecular weight excluding hydrogens is 588 g/mol. The lowest BCUT2D eigenvalue weighted by atomic mass is 10.0. The standard InChI is InChI=1S/C41H78O6/c1-5-7-9-11-13-16-21-25-29-33-40(43)46-36-38(35-45-39(42)32-28-24-19-12-10-8-6-2)47-41(44)34-30-26-22-18-15-14-17-20-23-27-31-37(3)4/h37-38H,5-36H2,1-4H3/t38-/m0/s1. The minimum absolute atomic E-state index is 0.0653. The van der Waals surface area contributed by atoms with Gasteiger partial charge in [0.2, 0.25) is 0 Å². The smallest absolute Gasteiger partial charge is 0.306 e. The Hall–Kier alpha value is -1.59. The van der Waals surface area contributed by atoms with Crippen LogP contribution in [-0.4, -0.2) is 37.2 Å². The van der Waals surface area contributed by atoms with Gasteiger partial charge in [0.15, 0.2) is 6.10 Å². The molecule has 0 rings (SSSR count). The third-order valence-electron chi connectivity index (χ3n) is 9.04. The largest absolute Gasteiger partial charge is 0.462 e. The van der Waals surface area contributed by atoms with Crippen molar-refractivity contribution in [2.45, 2.75) is 226 Å². The van der Waals surface area contributed by atoms with Gasteiger partial charge in [-0.1, -0.05) is 182 Å². The van der Waals surface area contributed by atoms with E-state index in [1.54, 1.807) is 0 Å². The molecule has 0 aromatic carbocycles. The van der Waals surface area contributed by atoms with Crippen LogP contribution in [0.5, 0.6) is 0 Å². The average molecular weight is 667 g/mol. The van der Waals surface area contributed by atoms with Gasteiger partial charge in [-0.3, -0.25) is 14.4 Å². The molecule has 0 aliphatic heterocycles. The van der Waals surface area contributed by atoms with Crippen molar-refractivity contribution in [1.29, 1.82) is 0 Å². The van der Waals surface area contributed by atoms with Gasteiger partial charge in [0, 0.05) is 19.3 Å². The van der Waals surface area contributed by atoms with Gasteiger partial charge in [0.05, 0.1) is 0 Å². The van der Waals surface area contributed by atoms with Crippen LogP contribution in [0.2, 0.25) is 0 Å². The van der Waals surface area contributed by atoms with Crippen molar-refractivity contribution in [2.24, 2.45) is 5.92 Å². The first kappa shape index (κ1) is 45.4. The number of unbranched alkanes of at least 4 members (excludes halogenated alkanes) is 23. The Morgan fingerprint density at radius 1 is 0.404 bits per heavy atom. The van der Waals surface area contributed by atoms with E-state index >= 15 is 0 Å². The number of carbonyl (C=O) groups excluding carboxylic acids is 3. The Morgan fingerprint density at radius 2 is 0.702 bits per heavy atom. The second-order valence-corrected chi connectivity index (χ2v) is 14.4. The van der Waals surface area contributed by atoms with E-state index in [-0.39, 0.29) is 31.1 Å². The van der Waals surface area contributed by atoms with Crippen LogP contribution in [-0.2, 0) is 28.6 Å². The first-order valence-electron chi connectivity index (χ1n) is 20.4. The molecule has 0 aliphatic carbocycles. The van der Waals surface area contributed by atoms with Crippen LogP contribution in [0.4, 0.5) is 0 Å². The molecule has 1 atom stereocenters. The highest BCUT2D eigenvalue weighted by atomic mass is 16.6. The molecule has 0 unspecified atom stereocenters. The van der Waals surface area contributed by atoms with Crippen molar-refractivity contribution in [2.75, 3.05) is 13.2 Å². The molecule has 0 heterocycles. The molecule has 0 saturated carbocycles. The summed E-state index contributed by atoms with van der Waals surface area (Å²) in [5.74, 6) is -0.0540. The fourth-order valence-corrected chi connectivity index (χ4v) is 5.92. The van der Waals surface area contributed by atoms with Crippen molar-refractivity contribution in [1.82, 2.24) is 0 Å². The Morgan fingerprint density at radius 3 is 1.04 bits per heavy atom. The number of carbonyl (C=O) groups is 3. The number of ether oxygens (including phenoxy) is 3. The minimum atomic E-state index is -0.756. The van der Waals surface area contributed by atoms with Crippen LogP contribution in [0.1, 0.15) is 220 Å². The van der Waals surface area contributed by atoms with Crippen molar-refractivity contribution in [3.05, 3.63) is 0 Å². The molecular formula is C41H78O6. The summed E-state index contributed by atoms with van der Waals surface area (Å²) in [6, 6.07) is 0. The number of hydrogen-bond acceptors (Lipinski definition) is 6. The van der Waals surface area contributed by atoms with E-state index in [4.69, 9.17) is 14.2 Å². The summed E-state index contributed by atoms with van der Waals surface area (Å²) in [4.78, 5) is 37.3. The number of rotatable bonds is 36. The molecule has 0 fully saturated rings. The van der Waals surface area contributed by atoms with E-state index < -0.39 is 6.10 Å². The SMILES string of the molecule is CCCCCCCCCCCC(=O)OC[C@H](COC(=O)CCCCCCCCC)OC(=O)CCCCCCCCCCCCC(C)C. The minimum Gasteiger partial charge on any atom is -0.462 e. The molecule has 278 valence electrons. The highest BCUT2D eigenvalue weighted by Crippen LogP contribution is 2.15. The quantitative estimate of drug-likeness (QED) is 0.0376. The first-order chi connectivity index (χ1) is 22.9. The fraction of sp³-hybridized carbons (Fsp3) is 0.927. The maximum Gasteiger partial charge on any atom is 0.306 e. The summed E-state index contributed by atoms with van der Waals surface area (Å²) in [5, 5.41) is 0. The van der Waals surface area contributed by atoms with Crippen molar-refractivity contribution in [3.8, 4) is 0 Å². The van der Waals surface area contributed by atoms with Crippen LogP contribution in [0.25, 0.3) is 0 Å². The molecule has 6 heteroatoms. The molecule has 0 aliphatic rings. The van der Waals surface area contributed by atoms with Gasteiger partial charge in [-0.05, 0) is 25.2 Å². The average Bonchev–Trinajstić information content (AvgIpc) is 3.05. The molecule has 0 aromatic rings. The molecule has 0 amide bonds. The van der Waals surface area contributed by atoms with Crippen molar-refractivity contribution in [3.63, 3.8) is 0 Å². The van der Waals surface area contributed by atoms with Crippen LogP contribution in [0, 0.1) is 5.92 Å². The Kier molecular flexibility index (Phi) is 34.5. The molecule has 0 bridgehead atoms. The highest BCUT2D eigenvalue weighted by Gasteiger charge is 2.19. The van der Waals surface area contributed by atoms with Gasteiger partial charge in [-0.15, -0.1) is 0 Å². The van der Waals surface area contributed by atoms with Gasteiger partial charge in [-0.25, -0.2) is 0 Å². The zero-order chi connectivity index (χ0) is 34.6. The first-order valence-corrected chi connectivity index (χ1v) is 20.4. The number of esters is 3. The van der Waals surface area contributed by atoms with Crippen LogP contribution in [0.3, 0.4) is 0 Å². The third kappa shape index (κ3) is 35.5. The Balaban J connectivity index is 4.31. The van der Waals surface area contributed by atoms with E-state index in [1.807, 2.05) is 0 Å². The second kappa shape index (κ2) is 35.7. The van der Waals surface area contributed by atoms with E-state index in [0.717, 1.165) is 63.7 Å². The summed E-state index contributed by atoms with van der Waals surface area (Å²) in [6.45, 7) is 8.90. The molecule has 0 saturated heterocycles. The Labute approximate surface area is 291 Å². The maximum absolute atomic E-state index is 12.6. The molecule has 47 heavy (non-hydrogen) atoms. The predicted octanol–water partition coefficient (Wildman–Crippen LogP) is 12.4. The van der Waals surface area contributed by atoms with E-state index in [0.29, 0.717) is 19.3 Å². The fourth-order valence-electron chi connectivity index (χ4n) is 5.92. The van der Waals surface area contributed by atoms with Gasteiger partial charge >= 0.3 is 17.9 Å². The van der Waals surface area contributed by atoms with Gasteiger partial charge < -0.3 is 14.2 Å². The van der Waals surface area contributed by atoms with E-state index in [1.165, 1.54) is 116 Å². The summed E-state index contributed by atoms with van der Waals surface area (Å²) >= 11 is 0. The van der Waals surface area contributed by atoms with E-state index in [9.17, 15) is 14.4 Å². The van der Waals surface area contributed by atoms with Crippen molar-refractivity contribution >= 4 is 17.9 Å². The van der Waals surface area contributed by atoms with Gasteiger partial charge in [0.25, 0.3) is 0 Å². The van der Waals surface area contributed by atoms with Crippen LogP contribution >= 0.6 is 0 Å². The van der Waals surface area contributed by atoms with Crippen LogP contribution < -0.4 is 0 Å².